The fourth-order valence-electron chi connectivity index (χ4n) is 2.24. The van der Waals surface area contributed by atoms with Gasteiger partial charge in [0.15, 0.2) is 0 Å². The lowest BCUT2D eigenvalue weighted by atomic mass is 10.1. The molecule has 1 heterocycles. The van der Waals surface area contributed by atoms with Crippen molar-refractivity contribution in [3.8, 4) is 5.75 Å². The number of halogens is 3. The molecule has 104 valence electrons. The molecule has 0 aromatic heterocycles. The Kier molecular flexibility index (Phi) is 3.98. The summed E-state index contributed by atoms with van der Waals surface area (Å²) in [5.41, 5.74) is 1.96. The van der Waals surface area contributed by atoms with Crippen LogP contribution >= 0.6 is 31.9 Å². The normalized spacial score (nSPS) is 16.6. The molecule has 2 aromatic rings. The van der Waals surface area contributed by atoms with Crippen molar-refractivity contribution in [3.63, 3.8) is 0 Å². The van der Waals surface area contributed by atoms with Gasteiger partial charge >= 0.3 is 0 Å². The van der Waals surface area contributed by atoms with E-state index in [0.717, 1.165) is 22.3 Å². The van der Waals surface area contributed by atoms with E-state index in [1.807, 2.05) is 18.2 Å². The van der Waals surface area contributed by atoms with Crippen LogP contribution in [0.1, 0.15) is 5.56 Å². The predicted octanol–water partition coefficient (Wildman–Crippen LogP) is 4.77. The predicted molar refractivity (Wildman–Crippen MR) is 84.9 cm³/mol. The second-order valence-corrected chi connectivity index (χ2v) is 6.48. The Morgan fingerprint density at radius 1 is 1.20 bits per heavy atom. The van der Waals surface area contributed by atoms with Crippen molar-refractivity contribution in [2.24, 2.45) is 0 Å². The number of hydrogen-bond donors (Lipinski definition) is 1. The molecule has 1 N–H and O–H groups in total. The van der Waals surface area contributed by atoms with Gasteiger partial charge in [0, 0.05) is 16.6 Å². The Morgan fingerprint density at radius 3 is 2.85 bits per heavy atom. The van der Waals surface area contributed by atoms with Gasteiger partial charge in [-0.25, -0.2) is 4.39 Å². The van der Waals surface area contributed by atoms with E-state index >= 15 is 0 Å². The van der Waals surface area contributed by atoms with E-state index in [2.05, 4.69) is 43.2 Å². The molecule has 1 aliphatic rings. The first kappa shape index (κ1) is 13.9. The van der Waals surface area contributed by atoms with Gasteiger partial charge in [-0.05, 0) is 57.9 Å². The molecule has 0 spiro atoms. The van der Waals surface area contributed by atoms with Gasteiger partial charge in [0.05, 0.1) is 11.0 Å². The molecule has 0 fully saturated rings. The summed E-state index contributed by atoms with van der Waals surface area (Å²) in [4.78, 5) is 0. The van der Waals surface area contributed by atoms with Gasteiger partial charge in [-0.15, -0.1) is 0 Å². The van der Waals surface area contributed by atoms with Gasteiger partial charge in [0.25, 0.3) is 0 Å². The third kappa shape index (κ3) is 2.99. The van der Waals surface area contributed by atoms with Crippen molar-refractivity contribution in [1.29, 1.82) is 0 Å². The molecule has 0 radical (unpaired) electrons. The highest BCUT2D eigenvalue weighted by Gasteiger charge is 2.22. The Hall–Kier alpha value is -1.07. The zero-order valence-corrected chi connectivity index (χ0v) is 13.7. The number of fused-ring (bicyclic) bond motifs is 1. The van der Waals surface area contributed by atoms with Gasteiger partial charge < -0.3 is 10.1 Å². The number of rotatable bonds is 3. The van der Waals surface area contributed by atoms with Crippen LogP contribution in [-0.4, -0.2) is 12.6 Å². The molecule has 1 unspecified atom stereocenters. The van der Waals surface area contributed by atoms with Gasteiger partial charge in [0.1, 0.15) is 17.7 Å². The maximum atomic E-state index is 13.4. The van der Waals surface area contributed by atoms with E-state index in [9.17, 15) is 4.39 Å². The van der Waals surface area contributed by atoms with Crippen LogP contribution < -0.4 is 10.1 Å². The minimum absolute atomic E-state index is 0.0750. The molecule has 2 aromatic carbocycles. The molecule has 20 heavy (non-hydrogen) atoms. The SMILES string of the molecule is Fc1cc(NCC2Cc3cc(Br)ccc3O2)ccc1Br. The molecule has 0 amide bonds. The topological polar surface area (TPSA) is 21.3 Å². The monoisotopic (exact) mass is 399 g/mol. The van der Waals surface area contributed by atoms with Gasteiger partial charge in [0.2, 0.25) is 0 Å². The molecule has 0 saturated heterocycles. The number of hydrogen-bond acceptors (Lipinski definition) is 2. The van der Waals surface area contributed by atoms with E-state index in [0.29, 0.717) is 11.0 Å². The lowest BCUT2D eigenvalue weighted by Crippen LogP contribution is -2.23. The second-order valence-electron chi connectivity index (χ2n) is 4.71. The summed E-state index contributed by atoms with van der Waals surface area (Å²) < 4.78 is 20.8. The summed E-state index contributed by atoms with van der Waals surface area (Å²) in [5, 5.41) is 3.21. The number of nitrogens with one attached hydrogen (secondary N) is 1. The van der Waals surface area contributed by atoms with Crippen molar-refractivity contribution in [2.75, 3.05) is 11.9 Å². The van der Waals surface area contributed by atoms with E-state index in [1.165, 1.54) is 11.6 Å². The van der Waals surface area contributed by atoms with E-state index in [4.69, 9.17) is 4.74 Å². The summed E-state index contributed by atoms with van der Waals surface area (Å²) in [5.74, 6) is 0.663. The average Bonchev–Trinajstić information content (AvgIpc) is 2.82. The molecular weight excluding hydrogens is 389 g/mol. The maximum Gasteiger partial charge on any atom is 0.139 e. The van der Waals surface area contributed by atoms with Gasteiger partial charge in [-0.2, -0.15) is 0 Å². The second kappa shape index (κ2) is 5.74. The number of anilines is 1. The van der Waals surface area contributed by atoms with Gasteiger partial charge in [-0.3, -0.25) is 0 Å². The van der Waals surface area contributed by atoms with Gasteiger partial charge in [-0.1, -0.05) is 15.9 Å². The Bertz CT molecular complexity index is 648. The number of benzene rings is 2. The first-order chi connectivity index (χ1) is 9.61. The first-order valence-electron chi connectivity index (χ1n) is 6.26. The fraction of sp³-hybridized carbons (Fsp3) is 0.200. The molecule has 1 aliphatic heterocycles. The number of ether oxygens (including phenoxy) is 1. The lowest BCUT2D eigenvalue weighted by molar-refractivity contribution is 0.246. The molecule has 0 aliphatic carbocycles. The zero-order valence-electron chi connectivity index (χ0n) is 10.5. The molecular formula is C15H12Br2FNO. The summed E-state index contributed by atoms with van der Waals surface area (Å²) in [6.45, 7) is 0.646. The average molecular weight is 401 g/mol. The third-order valence-electron chi connectivity index (χ3n) is 3.22. The van der Waals surface area contributed by atoms with Crippen LogP contribution in [0.25, 0.3) is 0 Å². The Morgan fingerprint density at radius 2 is 2.05 bits per heavy atom. The quantitative estimate of drug-likeness (QED) is 0.801. The Balaban J connectivity index is 1.62. The maximum absolute atomic E-state index is 13.4. The summed E-state index contributed by atoms with van der Waals surface area (Å²) in [6, 6.07) is 11.0. The van der Waals surface area contributed by atoms with E-state index < -0.39 is 0 Å². The van der Waals surface area contributed by atoms with Crippen LogP contribution in [0.2, 0.25) is 0 Å². The van der Waals surface area contributed by atoms with Crippen molar-refractivity contribution < 1.29 is 9.13 Å². The smallest absolute Gasteiger partial charge is 0.139 e. The zero-order chi connectivity index (χ0) is 14.1. The van der Waals surface area contributed by atoms with Crippen molar-refractivity contribution in [1.82, 2.24) is 0 Å². The van der Waals surface area contributed by atoms with Crippen molar-refractivity contribution in [3.05, 3.63) is 56.7 Å². The summed E-state index contributed by atoms with van der Waals surface area (Å²) in [7, 11) is 0. The van der Waals surface area contributed by atoms with Crippen LogP contribution in [0, 0.1) is 5.82 Å². The van der Waals surface area contributed by atoms with Crippen LogP contribution in [0.3, 0.4) is 0 Å². The standard InChI is InChI=1S/C15H12Br2FNO/c16-10-1-4-15-9(5-10)6-12(20-15)8-19-11-2-3-13(17)14(18)7-11/h1-5,7,12,19H,6,8H2. The summed E-state index contributed by atoms with van der Waals surface area (Å²) in [6.07, 6.45) is 0.937. The summed E-state index contributed by atoms with van der Waals surface area (Å²) >= 11 is 6.60. The van der Waals surface area contributed by atoms with E-state index in [-0.39, 0.29) is 11.9 Å². The van der Waals surface area contributed by atoms with Crippen LogP contribution in [0.5, 0.6) is 5.75 Å². The van der Waals surface area contributed by atoms with Crippen LogP contribution in [-0.2, 0) is 6.42 Å². The molecule has 0 bridgehead atoms. The van der Waals surface area contributed by atoms with Crippen LogP contribution in [0.4, 0.5) is 10.1 Å². The third-order valence-corrected chi connectivity index (χ3v) is 4.35. The molecule has 5 heteroatoms. The molecule has 2 nitrogen and oxygen atoms in total. The molecule has 3 rings (SSSR count). The fourth-order valence-corrected chi connectivity index (χ4v) is 2.90. The van der Waals surface area contributed by atoms with E-state index in [1.54, 1.807) is 6.07 Å². The molecule has 0 saturated carbocycles. The highest BCUT2D eigenvalue weighted by Crippen LogP contribution is 2.31. The lowest BCUT2D eigenvalue weighted by Gasteiger charge is -2.13. The van der Waals surface area contributed by atoms with Crippen LogP contribution in [0.15, 0.2) is 45.3 Å². The highest BCUT2D eigenvalue weighted by atomic mass is 79.9. The van der Waals surface area contributed by atoms with Crippen molar-refractivity contribution in [2.45, 2.75) is 12.5 Å². The highest BCUT2D eigenvalue weighted by molar-refractivity contribution is 9.10. The largest absolute Gasteiger partial charge is 0.488 e. The van der Waals surface area contributed by atoms with Crippen molar-refractivity contribution >= 4 is 37.5 Å². The minimum atomic E-state index is -0.269. The molecule has 1 atom stereocenters. The first-order valence-corrected chi connectivity index (χ1v) is 7.84. The Labute approximate surface area is 133 Å². The minimum Gasteiger partial charge on any atom is -0.488 e.